The van der Waals surface area contributed by atoms with E-state index >= 15 is 0 Å². The highest BCUT2D eigenvalue weighted by molar-refractivity contribution is 6.00. The minimum atomic E-state index is -0.258. The Hall–Kier alpha value is -2.49. The van der Waals surface area contributed by atoms with Crippen LogP contribution >= 0.6 is 0 Å². The fourth-order valence-electron chi connectivity index (χ4n) is 2.33. The molecule has 0 unspecified atom stereocenters. The lowest BCUT2D eigenvalue weighted by molar-refractivity contribution is 0.262. The summed E-state index contributed by atoms with van der Waals surface area (Å²) < 4.78 is 5.39. The van der Waals surface area contributed by atoms with Gasteiger partial charge in [-0.1, -0.05) is 39.0 Å². The van der Waals surface area contributed by atoms with Crippen molar-refractivity contribution in [2.75, 3.05) is 17.2 Å². The first-order valence-electron chi connectivity index (χ1n) is 7.80. The van der Waals surface area contributed by atoms with Gasteiger partial charge in [0, 0.05) is 11.4 Å². The zero-order valence-corrected chi connectivity index (χ0v) is 14.1. The number of amides is 2. The van der Waals surface area contributed by atoms with Crippen LogP contribution in [0.25, 0.3) is 0 Å². The maximum atomic E-state index is 12.2. The first kappa shape index (κ1) is 16.9. The molecule has 2 rings (SSSR count). The number of carbonyl (C=O) groups excluding carboxylic acids is 1. The van der Waals surface area contributed by atoms with Crippen molar-refractivity contribution in [1.29, 1.82) is 0 Å². The molecule has 0 aromatic heterocycles. The van der Waals surface area contributed by atoms with Crippen molar-refractivity contribution < 1.29 is 9.53 Å². The van der Waals surface area contributed by atoms with E-state index in [2.05, 4.69) is 31.4 Å². The Labute approximate surface area is 137 Å². The summed E-state index contributed by atoms with van der Waals surface area (Å²) in [5, 5.41) is 5.76. The van der Waals surface area contributed by atoms with Crippen LogP contribution in [0, 0.1) is 0 Å². The summed E-state index contributed by atoms with van der Waals surface area (Å²) in [6, 6.07) is 14.9. The molecule has 2 amide bonds. The number of rotatable bonds is 4. The smallest absolute Gasteiger partial charge is 0.323 e. The Kier molecular flexibility index (Phi) is 5.27. The first-order chi connectivity index (χ1) is 10.9. The molecule has 0 bridgehead atoms. The van der Waals surface area contributed by atoms with Crippen LogP contribution in [0.2, 0.25) is 0 Å². The van der Waals surface area contributed by atoms with Crippen molar-refractivity contribution in [2.24, 2.45) is 0 Å². The number of ether oxygens (including phenoxy) is 1. The lowest BCUT2D eigenvalue weighted by atomic mass is 9.86. The van der Waals surface area contributed by atoms with E-state index in [1.807, 2.05) is 55.5 Å². The van der Waals surface area contributed by atoms with Crippen LogP contribution in [0.15, 0.2) is 48.5 Å². The van der Waals surface area contributed by atoms with E-state index < -0.39 is 0 Å². The second-order valence-corrected chi connectivity index (χ2v) is 6.33. The van der Waals surface area contributed by atoms with Gasteiger partial charge in [0.05, 0.1) is 6.61 Å². The molecule has 0 fully saturated rings. The third-order valence-corrected chi connectivity index (χ3v) is 3.41. The molecule has 2 N–H and O–H groups in total. The molecular weight excluding hydrogens is 288 g/mol. The van der Waals surface area contributed by atoms with Gasteiger partial charge in [0.1, 0.15) is 5.75 Å². The fourth-order valence-corrected chi connectivity index (χ4v) is 2.33. The number of hydrogen-bond acceptors (Lipinski definition) is 2. The second-order valence-electron chi connectivity index (χ2n) is 6.33. The van der Waals surface area contributed by atoms with Gasteiger partial charge in [0.25, 0.3) is 0 Å². The fraction of sp³-hybridized carbons (Fsp3) is 0.316. The van der Waals surface area contributed by atoms with Gasteiger partial charge in [-0.05, 0) is 48.2 Å². The van der Waals surface area contributed by atoms with E-state index in [4.69, 9.17) is 4.74 Å². The van der Waals surface area contributed by atoms with Crippen molar-refractivity contribution in [2.45, 2.75) is 33.1 Å². The molecule has 122 valence electrons. The summed E-state index contributed by atoms with van der Waals surface area (Å²) in [5.74, 6) is 0.788. The minimum absolute atomic E-state index is 0.0387. The van der Waals surface area contributed by atoms with Crippen LogP contribution in [0.4, 0.5) is 16.2 Å². The average Bonchev–Trinajstić information content (AvgIpc) is 2.49. The number of para-hydroxylation sites is 1. The summed E-state index contributed by atoms with van der Waals surface area (Å²) in [4.78, 5) is 12.2. The Morgan fingerprint density at radius 3 is 2.26 bits per heavy atom. The third kappa shape index (κ3) is 4.74. The summed E-state index contributed by atoms with van der Waals surface area (Å²) in [6.07, 6.45) is 0. The summed E-state index contributed by atoms with van der Waals surface area (Å²) in [7, 11) is 0. The average molecular weight is 312 g/mol. The van der Waals surface area contributed by atoms with Crippen molar-refractivity contribution >= 4 is 17.4 Å². The number of urea groups is 1. The molecule has 0 aliphatic carbocycles. The highest BCUT2D eigenvalue weighted by Gasteiger charge is 2.18. The number of nitrogens with one attached hydrogen (secondary N) is 2. The lowest BCUT2D eigenvalue weighted by Gasteiger charge is -2.23. The molecule has 4 nitrogen and oxygen atoms in total. The van der Waals surface area contributed by atoms with Crippen molar-refractivity contribution in [3.05, 3.63) is 54.1 Å². The van der Waals surface area contributed by atoms with Gasteiger partial charge in [-0.25, -0.2) is 4.79 Å². The second kappa shape index (κ2) is 7.18. The topological polar surface area (TPSA) is 50.4 Å². The van der Waals surface area contributed by atoms with Gasteiger partial charge in [-0.3, -0.25) is 0 Å². The Bertz CT molecular complexity index is 658. The van der Waals surface area contributed by atoms with E-state index in [-0.39, 0.29) is 11.4 Å². The number of benzene rings is 2. The van der Waals surface area contributed by atoms with Gasteiger partial charge in [-0.15, -0.1) is 0 Å². The highest BCUT2D eigenvalue weighted by atomic mass is 16.5. The Morgan fingerprint density at radius 2 is 1.65 bits per heavy atom. The largest absolute Gasteiger partial charge is 0.494 e. The van der Waals surface area contributed by atoms with Gasteiger partial charge in [-0.2, -0.15) is 0 Å². The normalized spacial score (nSPS) is 11.0. The van der Waals surface area contributed by atoms with Crippen LogP contribution in [0.1, 0.15) is 33.3 Å². The van der Waals surface area contributed by atoms with Crippen molar-refractivity contribution in [1.82, 2.24) is 0 Å². The maximum absolute atomic E-state index is 12.2. The summed E-state index contributed by atoms with van der Waals surface area (Å²) in [5.41, 5.74) is 2.60. The van der Waals surface area contributed by atoms with Crippen LogP contribution in [0.3, 0.4) is 0 Å². The molecule has 0 saturated carbocycles. The molecule has 0 spiro atoms. The molecule has 0 radical (unpaired) electrons. The molecule has 0 aliphatic rings. The van der Waals surface area contributed by atoms with Crippen LogP contribution in [0.5, 0.6) is 5.75 Å². The Morgan fingerprint density at radius 1 is 1.00 bits per heavy atom. The molecule has 2 aromatic rings. The first-order valence-corrected chi connectivity index (χ1v) is 7.80. The SMILES string of the molecule is CCOc1ccc(NC(=O)Nc2ccccc2C(C)(C)C)cc1. The molecule has 0 heterocycles. The third-order valence-electron chi connectivity index (χ3n) is 3.41. The maximum Gasteiger partial charge on any atom is 0.323 e. The molecule has 0 atom stereocenters. The zero-order chi connectivity index (χ0) is 16.9. The predicted octanol–water partition coefficient (Wildman–Crippen LogP) is 5.03. The molecule has 4 heteroatoms. The molecule has 0 saturated heterocycles. The van der Waals surface area contributed by atoms with Gasteiger partial charge >= 0.3 is 6.03 Å². The number of hydrogen-bond donors (Lipinski definition) is 2. The lowest BCUT2D eigenvalue weighted by Crippen LogP contribution is -2.22. The molecule has 2 aromatic carbocycles. The van der Waals surface area contributed by atoms with Crippen molar-refractivity contribution in [3.8, 4) is 5.75 Å². The number of carbonyl (C=O) groups is 1. The van der Waals surface area contributed by atoms with E-state index in [1.165, 1.54) is 0 Å². The van der Waals surface area contributed by atoms with Crippen LogP contribution in [-0.2, 0) is 5.41 Å². The van der Waals surface area contributed by atoms with E-state index in [0.29, 0.717) is 6.61 Å². The highest BCUT2D eigenvalue weighted by Crippen LogP contribution is 2.29. The predicted molar refractivity (Wildman–Crippen MR) is 95.4 cm³/mol. The van der Waals surface area contributed by atoms with Gasteiger partial charge in [0.2, 0.25) is 0 Å². The van der Waals surface area contributed by atoms with Gasteiger partial charge in [0.15, 0.2) is 0 Å². The van der Waals surface area contributed by atoms with Crippen LogP contribution < -0.4 is 15.4 Å². The molecular formula is C19H24N2O2. The Balaban J connectivity index is 2.05. The summed E-state index contributed by atoms with van der Waals surface area (Å²) in [6.45, 7) is 8.93. The van der Waals surface area contributed by atoms with E-state index in [1.54, 1.807) is 0 Å². The number of anilines is 2. The van der Waals surface area contributed by atoms with Crippen LogP contribution in [-0.4, -0.2) is 12.6 Å². The quantitative estimate of drug-likeness (QED) is 0.832. The van der Waals surface area contributed by atoms with Crippen molar-refractivity contribution in [3.63, 3.8) is 0 Å². The van der Waals surface area contributed by atoms with E-state index in [0.717, 1.165) is 22.7 Å². The molecule has 0 aliphatic heterocycles. The summed E-state index contributed by atoms with van der Waals surface area (Å²) >= 11 is 0. The van der Waals surface area contributed by atoms with E-state index in [9.17, 15) is 4.79 Å². The zero-order valence-electron chi connectivity index (χ0n) is 14.1. The minimum Gasteiger partial charge on any atom is -0.494 e. The molecule has 23 heavy (non-hydrogen) atoms. The van der Waals surface area contributed by atoms with Gasteiger partial charge < -0.3 is 15.4 Å². The standard InChI is InChI=1S/C19H24N2O2/c1-5-23-15-12-10-14(11-13-15)20-18(22)21-17-9-7-6-8-16(17)19(2,3)4/h6-13H,5H2,1-4H3,(H2,20,21,22). The monoisotopic (exact) mass is 312 g/mol.